The molecule has 0 saturated heterocycles. The second-order valence-corrected chi connectivity index (χ2v) is 5.13. The first kappa shape index (κ1) is 15.6. The third-order valence-corrected chi connectivity index (χ3v) is 3.87. The lowest BCUT2D eigenvalue weighted by Gasteiger charge is -2.13. The van der Waals surface area contributed by atoms with Crippen molar-refractivity contribution in [3.8, 4) is 11.4 Å². The van der Waals surface area contributed by atoms with Crippen LogP contribution in [0.3, 0.4) is 0 Å². The van der Waals surface area contributed by atoms with Gasteiger partial charge in [0.15, 0.2) is 0 Å². The molecule has 0 unspecified atom stereocenters. The number of hydrogen-bond donors (Lipinski definition) is 0. The normalized spacial score (nSPS) is 10.4. The summed E-state index contributed by atoms with van der Waals surface area (Å²) in [6.07, 6.45) is 2.08. The van der Waals surface area contributed by atoms with Gasteiger partial charge in [-0.25, -0.2) is 0 Å². The van der Waals surface area contributed by atoms with Crippen LogP contribution in [0.5, 0.6) is 0 Å². The molecule has 0 bridgehead atoms. The smallest absolute Gasteiger partial charge is 0.112 e. The number of pyridine rings is 1. The number of aromatic nitrogens is 3. The Morgan fingerprint density at radius 3 is 2.32 bits per heavy atom. The first-order chi connectivity index (χ1) is 8.45. The van der Waals surface area contributed by atoms with Gasteiger partial charge in [-0.05, 0) is 44.4 Å². The van der Waals surface area contributed by atoms with Gasteiger partial charge < -0.3 is 4.57 Å². The Morgan fingerprint density at radius 2 is 1.79 bits per heavy atom. The fourth-order valence-electron chi connectivity index (χ4n) is 2.35. The summed E-state index contributed by atoms with van der Waals surface area (Å²) in [6.45, 7) is 9.24. The van der Waals surface area contributed by atoms with E-state index in [1.807, 2.05) is 11.7 Å². The van der Waals surface area contributed by atoms with Crippen molar-refractivity contribution in [2.24, 2.45) is 7.05 Å². The maximum Gasteiger partial charge on any atom is 0.112 e. The Bertz CT molecular complexity index is 650. The van der Waals surface area contributed by atoms with E-state index in [0.717, 1.165) is 28.1 Å². The van der Waals surface area contributed by atoms with E-state index in [-0.39, 0.29) is 7.43 Å². The Balaban J connectivity index is 0.00000180. The molecule has 0 spiro atoms. The lowest BCUT2D eigenvalue weighted by atomic mass is 10.1. The number of nitrogens with zero attached hydrogens (tertiary/aromatic N) is 3. The zero-order valence-electron chi connectivity index (χ0n) is 11.6. The minimum absolute atomic E-state index is 0. The lowest BCUT2D eigenvalue weighted by Crippen LogP contribution is -2.04. The van der Waals surface area contributed by atoms with E-state index in [0.29, 0.717) is 0 Å². The lowest BCUT2D eigenvalue weighted by molar-refractivity contribution is 0.660. The van der Waals surface area contributed by atoms with E-state index in [1.165, 1.54) is 11.1 Å². The van der Waals surface area contributed by atoms with Crippen molar-refractivity contribution >= 4 is 12.2 Å². The minimum Gasteiger partial charge on any atom is -0.333 e. The van der Waals surface area contributed by atoms with Crippen molar-refractivity contribution in [3.63, 3.8) is 0 Å². The van der Waals surface area contributed by atoms with Crippen LogP contribution < -0.4 is 0 Å². The summed E-state index contributed by atoms with van der Waals surface area (Å²) in [5.74, 6) is 0. The van der Waals surface area contributed by atoms with Crippen molar-refractivity contribution < 1.29 is 0 Å². The summed E-state index contributed by atoms with van der Waals surface area (Å²) in [7, 11) is 2.02. The van der Waals surface area contributed by atoms with Gasteiger partial charge >= 0.3 is 0 Å². The van der Waals surface area contributed by atoms with Crippen LogP contribution in [0.4, 0.5) is 0 Å². The van der Waals surface area contributed by atoms with Gasteiger partial charge in [-0.15, -0.1) is 0 Å². The minimum atomic E-state index is 0. The van der Waals surface area contributed by atoms with Gasteiger partial charge in [0, 0.05) is 19.8 Å². The Kier molecular flexibility index (Phi) is 4.69. The average Bonchev–Trinajstić information content (AvgIpc) is 2.68. The average molecular weight is 277 g/mol. The molecule has 0 aliphatic carbocycles. The zero-order chi connectivity index (χ0) is 13.4. The van der Waals surface area contributed by atoms with Crippen LogP contribution in [0.2, 0.25) is 0 Å². The molecule has 2 aromatic rings. The van der Waals surface area contributed by atoms with Gasteiger partial charge in [-0.2, -0.15) is 5.10 Å². The molecule has 0 aliphatic heterocycles. The van der Waals surface area contributed by atoms with Crippen LogP contribution in [0.25, 0.3) is 11.4 Å². The summed E-state index contributed by atoms with van der Waals surface area (Å²) in [6, 6.07) is 2.14. The van der Waals surface area contributed by atoms with Crippen molar-refractivity contribution in [2.75, 3.05) is 0 Å². The molecule has 0 amide bonds. The van der Waals surface area contributed by atoms with Crippen molar-refractivity contribution in [1.29, 1.82) is 0 Å². The molecule has 3 nitrogen and oxygen atoms in total. The second-order valence-electron chi connectivity index (χ2n) is 4.74. The summed E-state index contributed by atoms with van der Waals surface area (Å²) in [5, 5.41) is 4.64. The van der Waals surface area contributed by atoms with E-state index >= 15 is 0 Å². The summed E-state index contributed by atoms with van der Waals surface area (Å²) in [5.41, 5.74) is 5.70. The third-order valence-electron chi connectivity index (χ3n) is 3.28. The molecule has 104 valence electrons. The number of hydrogen-bond acceptors (Lipinski definition) is 2. The highest BCUT2D eigenvalue weighted by molar-refractivity contribution is 7.71. The molecule has 2 aromatic heterocycles. The fraction of sp³-hybridized carbons (Fsp3) is 0.467. The molecule has 0 aliphatic rings. The molecule has 4 heteroatoms. The monoisotopic (exact) mass is 277 g/mol. The van der Waals surface area contributed by atoms with Gasteiger partial charge in [0.1, 0.15) is 10.3 Å². The van der Waals surface area contributed by atoms with Gasteiger partial charge in [0.2, 0.25) is 0 Å². The molecule has 0 saturated carbocycles. The Morgan fingerprint density at radius 1 is 1.16 bits per heavy atom. The number of rotatable bonds is 2. The van der Waals surface area contributed by atoms with Gasteiger partial charge in [-0.3, -0.25) is 4.68 Å². The molecule has 19 heavy (non-hydrogen) atoms. The predicted octanol–water partition coefficient (Wildman–Crippen LogP) is 4.20. The standard InChI is InChI=1S/C14H19N3S.CH4/c1-6-17-8-11(4)12(15-17)13-9(2)7-10(3)14(18)16(13)5;/h7-8H,6H2,1-5H3;1H4. The molecule has 0 atom stereocenters. The topological polar surface area (TPSA) is 22.8 Å². The van der Waals surface area contributed by atoms with Gasteiger partial charge in [0.05, 0.1) is 5.69 Å². The van der Waals surface area contributed by atoms with Crippen LogP contribution in [0.1, 0.15) is 31.0 Å². The maximum absolute atomic E-state index is 5.45. The zero-order valence-corrected chi connectivity index (χ0v) is 12.4. The Labute approximate surface area is 120 Å². The van der Waals surface area contributed by atoms with Crippen LogP contribution in [0.15, 0.2) is 12.3 Å². The van der Waals surface area contributed by atoms with Crippen LogP contribution in [0, 0.1) is 25.4 Å². The van der Waals surface area contributed by atoms with Crippen LogP contribution in [-0.4, -0.2) is 14.3 Å². The first-order valence-corrected chi connectivity index (χ1v) is 6.58. The second kappa shape index (κ2) is 5.70. The van der Waals surface area contributed by atoms with E-state index < -0.39 is 0 Å². The summed E-state index contributed by atoms with van der Waals surface area (Å²) < 4.78 is 4.91. The van der Waals surface area contributed by atoms with E-state index in [4.69, 9.17) is 12.2 Å². The molecular weight excluding hydrogens is 254 g/mol. The highest BCUT2D eigenvalue weighted by atomic mass is 32.1. The van der Waals surface area contributed by atoms with Gasteiger partial charge in [0.25, 0.3) is 0 Å². The molecule has 0 fully saturated rings. The van der Waals surface area contributed by atoms with E-state index in [2.05, 4.69) is 49.6 Å². The summed E-state index contributed by atoms with van der Waals surface area (Å²) >= 11 is 5.45. The van der Waals surface area contributed by atoms with Crippen LogP contribution >= 0.6 is 12.2 Å². The largest absolute Gasteiger partial charge is 0.333 e. The predicted molar refractivity (Wildman–Crippen MR) is 84.1 cm³/mol. The van der Waals surface area contributed by atoms with Crippen molar-refractivity contribution in [1.82, 2.24) is 14.3 Å². The molecular formula is C15H23N3S. The highest BCUT2D eigenvalue weighted by Gasteiger charge is 2.13. The van der Waals surface area contributed by atoms with E-state index in [1.54, 1.807) is 0 Å². The molecule has 2 heterocycles. The Hall–Kier alpha value is -1.42. The third kappa shape index (κ3) is 2.63. The maximum atomic E-state index is 5.45. The quantitative estimate of drug-likeness (QED) is 0.768. The molecule has 0 radical (unpaired) electrons. The summed E-state index contributed by atoms with van der Waals surface area (Å²) in [4.78, 5) is 0. The fourth-order valence-corrected chi connectivity index (χ4v) is 2.50. The van der Waals surface area contributed by atoms with Crippen molar-refractivity contribution in [3.05, 3.63) is 33.6 Å². The van der Waals surface area contributed by atoms with Gasteiger partial charge in [-0.1, -0.05) is 25.7 Å². The van der Waals surface area contributed by atoms with Crippen molar-refractivity contribution in [2.45, 2.75) is 41.7 Å². The SMILES string of the molecule is C.CCn1cc(C)c(-c2c(C)cc(C)c(=S)n2C)n1. The molecule has 0 aromatic carbocycles. The number of aryl methyl sites for hydroxylation is 4. The first-order valence-electron chi connectivity index (χ1n) is 6.17. The van der Waals surface area contributed by atoms with E-state index in [9.17, 15) is 0 Å². The molecule has 0 N–H and O–H groups in total. The molecule has 2 rings (SSSR count). The highest BCUT2D eigenvalue weighted by Crippen LogP contribution is 2.26. The van der Waals surface area contributed by atoms with Crippen LogP contribution in [-0.2, 0) is 13.6 Å².